The van der Waals surface area contributed by atoms with Crippen LogP contribution in [0.4, 0.5) is 5.69 Å². The molecule has 0 saturated carbocycles. The van der Waals surface area contributed by atoms with E-state index in [1.807, 2.05) is 0 Å². The number of pyridine rings is 1. The fourth-order valence-corrected chi connectivity index (χ4v) is 1.78. The van der Waals surface area contributed by atoms with Gasteiger partial charge in [-0.3, -0.25) is 14.6 Å². The Morgan fingerprint density at radius 1 is 1.06 bits per heavy atom. The number of nitrogens with zero attached hydrogens (tertiary/aromatic N) is 2. The molecule has 2 rings (SSSR count). The Balaban J connectivity index is 2.51. The van der Waals surface area contributed by atoms with Gasteiger partial charge >= 0.3 is 0 Å². The fraction of sp³-hybridized carbons (Fsp3) is 0. The molecule has 1 aromatic rings. The van der Waals surface area contributed by atoms with Crippen molar-refractivity contribution in [3.8, 4) is 0 Å². The monoisotopic (exact) mass is 276 g/mol. The first-order valence-corrected chi connectivity index (χ1v) is 5.21. The molecule has 0 atom stereocenters. The molecule has 1 aliphatic rings. The van der Waals surface area contributed by atoms with Crippen molar-refractivity contribution in [3.05, 3.63) is 33.5 Å². The summed E-state index contributed by atoms with van der Waals surface area (Å²) in [6, 6.07) is 1.43. The average Bonchev–Trinajstić information content (AvgIpc) is 2.45. The predicted octanol–water partition coefficient (Wildman–Crippen LogP) is 2.30. The number of amides is 2. The minimum atomic E-state index is -0.690. The van der Waals surface area contributed by atoms with Crippen molar-refractivity contribution in [2.24, 2.45) is 0 Å². The van der Waals surface area contributed by atoms with E-state index in [2.05, 4.69) is 4.98 Å². The summed E-state index contributed by atoms with van der Waals surface area (Å²) in [6.45, 7) is 0. The number of anilines is 1. The normalized spacial score (nSPS) is 16.3. The van der Waals surface area contributed by atoms with Crippen LogP contribution in [-0.2, 0) is 9.59 Å². The van der Waals surface area contributed by atoms with Gasteiger partial charge in [-0.05, 0) is 6.07 Å². The standard InChI is InChI=1S/C9H3Cl3N2O2/c10-4-3-13-2-1-5(4)14-8(15)6(11)7(12)9(14)16/h1-3H. The van der Waals surface area contributed by atoms with Gasteiger partial charge in [0.2, 0.25) is 0 Å². The van der Waals surface area contributed by atoms with Crippen LogP contribution in [-0.4, -0.2) is 16.8 Å². The second-order valence-corrected chi connectivity index (χ2v) is 4.06. The molecule has 0 saturated heterocycles. The van der Waals surface area contributed by atoms with E-state index < -0.39 is 11.8 Å². The van der Waals surface area contributed by atoms with Crippen LogP contribution in [0.15, 0.2) is 28.5 Å². The third-order valence-electron chi connectivity index (χ3n) is 1.97. The van der Waals surface area contributed by atoms with E-state index in [9.17, 15) is 9.59 Å². The topological polar surface area (TPSA) is 50.3 Å². The summed E-state index contributed by atoms with van der Waals surface area (Å²) in [4.78, 5) is 27.8. The number of halogens is 3. The van der Waals surface area contributed by atoms with E-state index >= 15 is 0 Å². The SMILES string of the molecule is O=C1C(Cl)=C(Cl)C(=O)N1c1ccncc1Cl. The van der Waals surface area contributed by atoms with Crippen LogP contribution in [0.25, 0.3) is 0 Å². The van der Waals surface area contributed by atoms with Crippen molar-refractivity contribution in [3.63, 3.8) is 0 Å². The van der Waals surface area contributed by atoms with Gasteiger partial charge in [-0.15, -0.1) is 0 Å². The van der Waals surface area contributed by atoms with Crippen molar-refractivity contribution in [2.45, 2.75) is 0 Å². The molecular formula is C9H3Cl3N2O2. The molecule has 0 aromatic carbocycles. The maximum Gasteiger partial charge on any atom is 0.278 e. The molecule has 0 bridgehead atoms. The Morgan fingerprint density at radius 3 is 2.12 bits per heavy atom. The summed E-state index contributed by atoms with van der Waals surface area (Å²) >= 11 is 17.0. The second kappa shape index (κ2) is 4.05. The maximum atomic E-state index is 11.6. The van der Waals surface area contributed by atoms with Crippen LogP contribution in [0.3, 0.4) is 0 Å². The summed E-state index contributed by atoms with van der Waals surface area (Å²) in [5.74, 6) is -1.38. The molecule has 0 N–H and O–H groups in total. The van der Waals surface area contributed by atoms with E-state index in [4.69, 9.17) is 34.8 Å². The number of carbonyl (C=O) groups excluding carboxylic acids is 2. The summed E-state index contributed by atoms with van der Waals surface area (Å²) in [6.07, 6.45) is 2.72. The number of carbonyl (C=O) groups is 2. The largest absolute Gasteiger partial charge is 0.278 e. The highest BCUT2D eigenvalue weighted by atomic mass is 35.5. The molecule has 0 fully saturated rings. The van der Waals surface area contributed by atoms with Gasteiger partial charge in [0, 0.05) is 12.4 Å². The number of aromatic nitrogens is 1. The van der Waals surface area contributed by atoms with Gasteiger partial charge in [0.1, 0.15) is 10.1 Å². The van der Waals surface area contributed by atoms with E-state index in [1.54, 1.807) is 0 Å². The first-order chi connectivity index (χ1) is 7.54. The Bertz CT molecular complexity index is 503. The van der Waals surface area contributed by atoms with E-state index in [0.29, 0.717) is 0 Å². The first kappa shape index (κ1) is 11.4. The van der Waals surface area contributed by atoms with Crippen LogP contribution < -0.4 is 4.90 Å². The minimum Gasteiger partial charge on any atom is -0.267 e. The van der Waals surface area contributed by atoms with E-state index in [1.165, 1.54) is 18.5 Å². The van der Waals surface area contributed by atoms with Gasteiger partial charge in [0.25, 0.3) is 11.8 Å². The molecular weight excluding hydrogens is 274 g/mol. The number of hydrogen-bond donors (Lipinski definition) is 0. The number of imide groups is 1. The van der Waals surface area contributed by atoms with Crippen molar-refractivity contribution < 1.29 is 9.59 Å². The first-order valence-electron chi connectivity index (χ1n) is 4.07. The molecule has 2 heterocycles. The lowest BCUT2D eigenvalue weighted by molar-refractivity contribution is -0.120. The lowest BCUT2D eigenvalue weighted by Gasteiger charge is -2.14. The molecule has 0 aliphatic carbocycles. The van der Waals surface area contributed by atoms with Crippen molar-refractivity contribution in [2.75, 3.05) is 4.90 Å². The highest BCUT2D eigenvalue weighted by Crippen LogP contribution is 2.34. The molecule has 1 aromatic heterocycles. The van der Waals surface area contributed by atoms with Gasteiger partial charge in [-0.1, -0.05) is 34.8 Å². The van der Waals surface area contributed by atoms with Crippen molar-refractivity contribution >= 4 is 52.3 Å². The van der Waals surface area contributed by atoms with Crippen LogP contribution in [0.5, 0.6) is 0 Å². The highest BCUT2D eigenvalue weighted by Gasteiger charge is 2.38. The van der Waals surface area contributed by atoms with Gasteiger partial charge < -0.3 is 0 Å². The molecule has 0 unspecified atom stereocenters. The van der Waals surface area contributed by atoms with Crippen LogP contribution in [0, 0.1) is 0 Å². The lowest BCUT2D eigenvalue weighted by Crippen LogP contribution is -2.31. The van der Waals surface area contributed by atoms with Crippen molar-refractivity contribution in [1.29, 1.82) is 0 Å². The predicted molar refractivity (Wildman–Crippen MR) is 60.5 cm³/mol. The Morgan fingerprint density at radius 2 is 1.62 bits per heavy atom. The van der Waals surface area contributed by atoms with Gasteiger partial charge in [-0.25, -0.2) is 4.90 Å². The second-order valence-electron chi connectivity index (χ2n) is 2.90. The van der Waals surface area contributed by atoms with Crippen LogP contribution in [0.1, 0.15) is 0 Å². The Hall–Kier alpha value is -1.10. The summed E-state index contributed by atoms with van der Waals surface area (Å²) in [7, 11) is 0. The zero-order valence-electron chi connectivity index (χ0n) is 7.58. The summed E-state index contributed by atoms with van der Waals surface area (Å²) in [5.41, 5.74) is 0.209. The Kier molecular flexibility index (Phi) is 2.88. The average molecular weight is 277 g/mol. The highest BCUT2D eigenvalue weighted by molar-refractivity contribution is 6.62. The molecule has 1 aliphatic heterocycles. The van der Waals surface area contributed by atoms with Gasteiger partial charge in [0.15, 0.2) is 0 Å². The molecule has 0 spiro atoms. The summed E-state index contributed by atoms with van der Waals surface area (Å²) < 4.78 is 0. The Labute approximate surface area is 105 Å². The van der Waals surface area contributed by atoms with Gasteiger partial charge in [0.05, 0.1) is 10.7 Å². The van der Waals surface area contributed by atoms with Crippen LogP contribution in [0.2, 0.25) is 5.02 Å². The lowest BCUT2D eigenvalue weighted by atomic mass is 10.3. The summed E-state index contributed by atoms with van der Waals surface area (Å²) in [5, 5.41) is -0.445. The van der Waals surface area contributed by atoms with Crippen LogP contribution >= 0.6 is 34.8 Å². The fourth-order valence-electron chi connectivity index (χ4n) is 1.24. The third-order valence-corrected chi connectivity index (χ3v) is 3.06. The maximum absolute atomic E-state index is 11.6. The molecule has 0 radical (unpaired) electrons. The number of rotatable bonds is 1. The minimum absolute atomic E-state index is 0.167. The molecule has 82 valence electrons. The third kappa shape index (κ3) is 1.59. The zero-order chi connectivity index (χ0) is 11.9. The molecule has 7 heteroatoms. The number of hydrogen-bond acceptors (Lipinski definition) is 3. The quantitative estimate of drug-likeness (QED) is 0.740. The zero-order valence-corrected chi connectivity index (χ0v) is 9.84. The van der Waals surface area contributed by atoms with Crippen molar-refractivity contribution in [1.82, 2.24) is 4.98 Å². The van der Waals surface area contributed by atoms with Gasteiger partial charge in [-0.2, -0.15) is 0 Å². The molecule has 16 heavy (non-hydrogen) atoms. The van der Waals surface area contributed by atoms with E-state index in [0.717, 1.165) is 4.90 Å². The molecule has 2 amide bonds. The molecule has 4 nitrogen and oxygen atoms in total. The smallest absolute Gasteiger partial charge is 0.267 e. The van der Waals surface area contributed by atoms with E-state index in [-0.39, 0.29) is 20.8 Å².